The second-order valence-corrected chi connectivity index (χ2v) is 4.32. The minimum atomic E-state index is -0.275. The highest BCUT2D eigenvalue weighted by atomic mass is 16.5. The van der Waals surface area contributed by atoms with E-state index >= 15 is 0 Å². The van der Waals surface area contributed by atoms with Crippen molar-refractivity contribution in [3.63, 3.8) is 0 Å². The molecule has 104 valence electrons. The summed E-state index contributed by atoms with van der Waals surface area (Å²) in [5.41, 5.74) is 1.92. The zero-order chi connectivity index (χ0) is 14.4. The molecule has 0 spiro atoms. The van der Waals surface area contributed by atoms with Gasteiger partial charge in [-0.1, -0.05) is 18.2 Å². The third-order valence-corrected chi connectivity index (χ3v) is 2.85. The summed E-state index contributed by atoms with van der Waals surface area (Å²) in [5.74, 6) is 1.36. The highest BCUT2D eigenvalue weighted by molar-refractivity contribution is 5.88. The van der Waals surface area contributed by atoms with Gasteiger partial charge in [-0.3, -0.25) is 5.32 Å². The summed E-state index contributed by atoms with van der Waals surface area (Å²) >= 11 is 0. The van der Waals surface area contributed by atoms with E-state index in [0.717, 1.165) is 16.9 Å². The van der Waals surface area contributed by atoms with Gasteiger partial charge in [0, 0.05) is 12.7 Å². The van der Waals surface area contributed by atoms with E-state index in [-0.39, 0.29) is 6.03 Å². The van der Waals surface area contributed by atoms with Crippen LogP contribution in [0.25, 0.3) is 0 Å². The number of carbonyl (C=O) groups is 1. The van der Waals surface area contributed by atoms with E-state index in [0.29, 0.717) is 12.4 Å². The highest BCUT2D eigenvalue weighted by Crippen LogP contribution is 2.11. The van der Waals surface area contributed by atoms with Crippen LogP contribution in [0.15, 0.2) is 42.6 Å². The Morgan fingerprint density at radius 1 is 1.25 bits per heavy atom. The van der Waals surface area contributed by atoms with Gasteiger partial charge in [0.25, 0.3) is 0 Å². The van der Waals surface area contributed by atoms with E-state index < -0.39 is 0 Å². The first kappa shape index (κ1) is 13.9. The average Bonchev–Trinajstić information content (AvgIpc) is 2.48. The Kier molecular flexibility index (Phi) is 4.55. The van der Waals surface area contributed by atoms with E-state index in [1.54, 1.807) is 13.3 Å². The SMILES string of the molecule is COc1ccc(CNC(=O)Nc2ncccc2C)cc1. The van der Waals surface area contributed by atoms with Crippen LogP contribution in [-0.4, -0.2) is 18.1 Å². The molecule has 0 saturated heterocycles. The van der Waals surface area contributed by atoms with Gasteiger partial charge in [0.2, 0.25) is 0 Å². The topological polar surface area (TPSA) is 63.2 Å². The Morgan fingerprint density at radius 2 is 2.00 bits per heavy atom. The smallest absolute Gasteiger partial charge is 0.320 e. The molecule has 2 amide bonds. The van der Waals surface area contributed by atoms with Gasteiger partial charge in [-0.05, 0) is 36.2 Å². The molecule has 20 heavy (non-hydrogen) atoms. The predicted molar refractivity (Wildman–Crippen MR) is 77.8 cm³/mol. The number of hydrogen-bond acceptors (Lipinski definition) is 3. The van der Waals surface area contributed by atoms with Gasteiger partial charge >= 0.3 is 6.03 Å². The summed E-state index contributed by atoms with van der Waals surface area (Å²) in [7, 11) is 1.62. The van der Waals surface area contributed by atoms with E-state index in [9.17, 15) is 4.79 Å². The van der Waals surface area contributed by atoms with Crippen LogP contribution in [0, 0.1) is 6.92 Å². The lowest BCUT2D eigenvalue weighted by Crippen LogP contribution is -2.28. The first-order valence-corrected chi connectivity index (χ1v) is 6.28. The normalized spacial score (nSPS) is 9.90. The number of hydrogen-bond donors (Lipinski definition) is 2. The van der Waals surface area contributed by atoms with Gasteiger partial charge in [-0.25, -0.2) is 9.78 Å². The summed E-state index contributed by atoms with van der Waals surface area (Å²) < 4.78 is 5.08. The molecule has 0 radical (unpaired) electrons. The molecular weight excluding hydrogens is 254 g/mol. The first-order chi connectivity index (χ1) is 9.69. The molecule has 1 heterocycles. The summed E-state index contributed by atoms with van der Waals surface area (Å²) in [6.07, 6.45) is 1.64. The molecule has 0 aliphatic carbocycles. The fraction of sp³-hybridized carbons (Fsp3) is 0.200. The molecule has 0 aliphatic heterocycles. The van der Waals surface area contributed by atoms with Crippen molar-refractivity contribution in [2.45, 2.75) is 13.5 Å². The van der Waals surface area contributed by atoms with Gasteiger partial charge in [0.1, 0.15) is 11.6 Å². The predicted octanol–water partition coefficient (Wildman–Crippen LogP) is 2.72. The largest absolute Gasteiger partial charge is 0.497 e. The molecule has 5 nitrogen and oxygen atoms in total. The number of ether oxygens (including phenoxy) is 1. The van der Waals surface area contributed by atoms with Crippen molar-refractivity contribution in [1.29, 1.82) is 0 Å². The molecule has 0 aliphatic rings. The fourth-order valence-electron chi connectivity index (χ4n) is 1.69. The van der Waals surface area contributed by atoms with Gasteiger partial charge < -0.3 is 10.1 Å². The van der Waals surface area contributed by atoms with Crippen molar-refractivity contribution in [2.75, 3.05) is 12.4 Å². The lowest BCUT2D eigenvalue weighted by molar-refractivity contribution is 0.251. The summed E-state index contributed by atoms with van der Waals surface area (Å²) in [6, 6.07) is 11.0. The zero-order valence-electron chi connectivity index (χ0n) is 11.5. The van der Waals surface area contributed by atoms with Gasteiger partial charge in [0.05, 0.1) is 7.11 Å². The van der Waals surface area contributed by atoms with Gasteiger partial charge in [-0.15, -0.1) is 0 Å². The number of carbonyl (C=O) groups excluding carboxylic acids is 1. The third kappa shape index (κ3) is 3.71. The number of methoxy groups -OCH3 is 1. The Balaban J connectivity index is 1.87. The van der Waals surface area contributed by atoms with Crippen LogP contribution in [0.4, 0.5) is 10.6 Å². The average molecular weight is 271 g/mol. The van der Waals surface area contributed by atoms with Crippen LogP contribution >= 0.6 is 0 Å². The maximum absolute atomic E-state index is 11.8. The Bertz CT molecular complexity index is 582. The number of aryl methyl sites for hydroxylation is 1. The second-order valence-electron chi connectivity index (χ2n) is 4.32. The number of amides is 2. The summed E-state index contributed by atoms with van der Waals surface area (Å²) in [5, 5.41) is 5.50. The summed E-state index contributed by atoms with van der Waals surface area (Å²) in [4.78, 5) is 15.9. The van der Waals surface area contributed by atoms with Crippen LogP contribution in [-0.2, 0) is 6.54 Å². The van der Waals surface area contributed by atoms with Crippen molar-refractivity contribution in [3.05, 3.63) is 53.7 Å². The van der Waals surface area contributed by atoms with Crippen molar-refractivity contribution in [3.8, 4) is 5.75 Å². The number of nitrogens with zero attached hydrogens (tertiary/aromatic N) is 1. The molecule has 1 aromatic heterocycles. The van der Waals surface area contributed by atoms with Crippen LogP contribution in [0.2, 0.25) is 0 Å². The van der Waals surface area contributed by atoms with Crippen molar-refractivity contribution >= 4 is 11.8 Å². The van der Waals surface area contributed by atoms with Crippen LogP contribution < -0.4 is 15.4 Å². The van der Waals surface area contributed by atoms with Crippen molar-refractivity contribution in [2.24, 2.45) is 0 Å². The Hall–Kier alpha value is -2.56. The van der Waals surface area contributed by atoms with Gasteiger partial charge in [0.15, 0.2) is 0 Å². The molecule has 0 bridgehead atoms. The quantitative estimate of drug-likeness (QED) is 0.898. The molecule has 2 aromatic rings. The zero-order valence-corrected chi connectivity index (χ0v) is 11.5. The van der Waals surface area contributed by atoms with Gasteiger partial charge in [-0.2, -0.15) is 0 Å². The highest BCUT2D eigenvalue weighted by Gasteiger charge is 2.04. The Labute approximate surface area is 118 Å². The minimum absolute atomic E-state index is 0.275. The molecular formula is C15H17N3O2. The molecule has 1 aromatic carbocycles. The van der Waals surface area contributed by atoms with E-state index in [1.165, 1.54) is 0 Å². The molecule has 0 saturated carbocycles. The van der Waals surface area contributed by atoms with Crippen LogP contribution in [0.5, 0.6) is 5.75 Å². The maximum atomic E-state index is 11.8. The van der Waals surface area contributed by atoms with E-state index in [2.05, 4.69) is 15.6 Å². The monoisotopic (exact) mass is 271 g/mol. The van der Waals surface area contributed by atoms with Crippen LogP contribution in [0.1, 0.15) is 11.1 Å². The number of pyridine rings is 1. The number of benzene rings is 1. The Morgan fingerprint density at radius 3 is 2.65 bits per heavy atom. The maximum Gasteiger partial charge on any atom is 0.320 e. The fourth-order valence-corrected chi connectivity index (χ4v) is 1.69. The lowest BCUT2D eigenvalue weighted by Gasteiger charge is -2.09. The minimum Gasteiger partial charge on any atom is -0.497 e. The standard InChI is InChI=1S/C15H17N3O2/c1-11-4-3-9-16-14(11)18-15(19)17-10-12-5-7-13(20-2)8-6-12/h3-9H,10H2,1-2H3,(H2,16,17,18,19). The van der Waals surface area contributed by atoms with E-state index in [4.69, 9.17) is 4.74 Å². The van der Waals surface area contributed by atoms with Crippen LogP contribution in [0.3, 0.4) is 0 Å². The van der Waals surface area contributed by atoms with E-state index in [1.807, 2.05) is 43.3 Å². The molecule has 0 fully saturated rings. The third-order valence-electron chi connectivity index (χ3n) is 2.85. The first-order valence-electron chi connectivity index (χ1n) is 6.28. The summed E-state index contributed by atoms with van der Waals surface area (Å²) in [6.45, 7) is 2.34. The van der Waals surface area contributed by atoms with Crippen molar-refractivity contribution in [1.82, 2.24) is 10.3 Å². The molecule has 2 N–H and O–H groups in total. The molecule has 5 heteroatoms. The second kappa shape index (κ2) is 6.56. The molecule has 0 atom stereocenters. The number of aromatic nitrogens is 1. The molecule has 2 rings (SSSR count). The number of anilines is 1. The van der Waals surface area contributed by atoms with Crippen molar-refractivity contribution < 1.29 is 9.53 Å². The lowest BCUT2D eigenvalue weighted by atomic mass is 10.2. The number of nitrogens with one attached hydrogen (secondary N) is 2. The number of urea groups is 1. The number of rotatable bonds is 4. The molecule has 0 unspecified atom stereocenters.